The van der Waals surface area contributed by atoms with Crippen molar-refractivity contribution < 1.29 is 18.8 Å². The minimum absolute atomic E-state index is 0.227. The summed E-state index contributed by atoms with van der Waals surface area (Å²) in [4.78, 5) is 0. The van der Waals surface area contributed by atoms with E-state index in [4.69, 9.17) is 18.8 Å². The van der Waals surface area contributed by atoms with Crippen molar-refractivity contribution in [3.63, 3.8) is 0 Å². The molecule has 1 spiro atoms. The zero-order valence-corrected chi connectivity index (χ0v) is 13.0. The number of hydrogen-bond donors (Lipinski definition) is 0. The third-order valence-electron chi connectivity index (χ3n) is 5.11. The second kappa shape index (κ2) is 4.84. The minimum atomic E-state index is -0.298. The average Bonchev–Trinajstić information content (AvgIpc) is 2.87. The fraction of sp³-hybridized carbons (Fsp3) is 0.867. The molecule has 2 saturated heterocycles. The number of rotatable bonds is 1. The maximum atomic E-state index is 6.02. The van der Waals surface area contributed by atoms with Crippen LogP contribution >= 0.6 is 0 Å². The first-order chi connectivity index (χ1) is 9.32. The van der Waals surface area contributed by atoms with E-state index in [0.29, 0.717) is 0 Å². The second-order valence-corrected chi connectivity index (χ2v) is 7.06. The van der Waals surface area contributed by atoms with Crippen molar-refractivity contribution in [2.75, 3.05) is 13.2 Å². The van der Waals surface area contributed by atoms with E-state index in [-0.39, 0.29) is 24.1 Å². The Morgan fingerprint density at radius 1 is 0.900 bits per heavy atom. The van der Waals surface area contributed by atoms with E-state index < -0.39 is 0 Å². The van der Waals surface area contributed by atoms with Crippen LogP contribution in [-0.4, -0.2) is 37.3 Å². The molecule has 1 saturated carbocycles. The van der Waals surface area contributed by atoms with Crippen molar-refractivity contribution in [1.82, 2.24) is 0 Å². The lowest BCUT2D eigenvalue weighted by atomic mass is 9.80. The second-order valence-electron chi connectivity index (χ2n) is 7.06. The standard InChI is InChI=1S/C15H25BO4/c1-13(2)14(3,4)20-16(19-13)11-12-5-7-15(8-6-12)17-9-10-18-15/h11H,5-10H2,1-4H3. The summed E-state index contributed by atoms with van der Waals surface area (Å²) >= 11 is 0. The topological polar surface area (TPSA) is 36.9 Å². The summed E-state index contributed by atoms with van der Waals surface area (Å²) in [6, 6.07) is 0. The number of ether oxygens (including phenoxy) is 2. The maximum absolute atomic E-state index is 6.02. The first-order valence-corrected chi connectivity index (χ1v) is 7.65. The first-order valence-electron chi connectivity index (χ1n) is 7.65. The molecule has 112 valence electrons. The summed E-state index contributed by atoms with van der Waals surface area (Å²) in [5, 5.41) is 0. The van der Waals surface area contributed by atoms with Crippen LogP contribution in [0.25, 0.3) is 0 Å². The van der Waals surface area contributed by atoms with Gasteiger partial charge in [0.2, 0.25) is 0 Å². The van der Waals surface area contributed by atoms with Crippen molar-refractivity contribution in [1.29, 1.82) is 0 Å². The van der Waals surface area contributed by atoms with Crippen molar-refractivity contribution in [3.8, 4) is 0 Å². The summed E-state index contributed by atoms with van der Waals surface area (Å²) < 4.78 is 23.6. The molecule has 3 aliphatic rings. The van der Waals surface area contributed by atoms with E-state index in [1.54, 1.807) is 0 Å². The molecule has 0 amide bonds. The Bertz CT molecular complexity index is 382. The highest BCUT2D eigenvalue weighted by molar-refractivity contribution is 6.51. The molecular weight excluding hydrogens is 255 g/mol. The Morgan fingerprint density at radius 2 is 1.40 bits per heavy atom. The van der Waals surface area contributed by atoms with Crippen LogP contribution < -0.4 is 0 Å². The monoisotopic (exact) mass is 280 g/mol. The largest absolute Gasteiger partial charge is 0.487 e. The Hall–Kier alpha value is -0.355. The summed E-state index contributed by atoms with van der Waals surface area (Å²) in [7, 11) is -0.227. The van der Waals surface area contributed by atoms with Crippen LogP contribution in [0.4, 0.5) is 0 Å². The lowest BCUT2D eigenvalue weighted by molar-refractivity contribution is -0.171. The molecule has 0 radical (unpaired) electrons. The van der Waals surface area contributed by atoms with Gasteiger partial charge in [-0.15, -0.1) is 0 Å². The molecule has 0 N–H and O–H groups in total. The zero-order valence-electron chi connectivity index (χ0n) is 13.0. The summed E-state index contributed by atoms with van der Waals surface area (Å²) in [6.45, 7) is 9.80. The van der Waals surface area contributed by atoms with Crippen LogP contribution in [0.2, 0.25) is 0 Å². The van der Waals surface area contributed by atoms with E-state index >= 15 is 0 Å². The SMILES string of the molecule is CC1(C)OB(C=C2CCC3(CC2)OCCO3)OC1(C)C. The molecule has 0 aromatic rings. The van der Waals surface area contributed by atoms with Crippen molar-refractivity contribution >= 4 is 7.12 Å². The van der Waals surface area contributed by atoms with Crippen LogP contribution in [0.3, 0.4) is 0 Å². The molecule has 3 rings (SSSR count). The Kier molecular flexibility index (Phi) is 3.52. The third kappa shape index (κ3) is 2.57. The Balaban J connectivity index is 1.61. The highest BCUT2D eigenvalue weighted by Gasteiger charge is 2.50. The molecule has 0 atom stereocenters. The van der Waals surface area contributed by atoms with Gasteiger partial charge in [-0.1, -0.05) is 11.5 Å². The van der Waals surface area contributed by atoms with Gasteiger partial charge in [0, 0.05) is 12.8 Å². The molecule has 0 unspecified atom stereocenters. The van der Waals surface area contributed by atoms with E-state index in [9.17, 15) is 0 Å². The molecule has 4 nitrogen and oxygen atoms in total. The third-order valence-corrected chi connectivity index (χ3v) is 5.11. The molecule has 20 heavy (non-hydrogen) atoms. The fourth-order valence-corrected chi connectivity index (χ4v) is 3.05. The van der Waals surface area contributed by atoms with Crippen molar-refractivity contribution in [2.24, 2.45) is 0 Å². The van der Waals surface area contributed by atoms with Gasteiger partial charge < -0.3 is 18.8 Å². The van der Waals surface area contributed by atoms with Crippen LogP contribution in [0.5, 0.6) is 0 Å². The van der Waals surface area contributed by atoms with Gasteiger partial charge in [-0.2, -0.15) is 0 Å². The van der Waals surface area contributed by atoms with E-state index in [1.807, 2.05) is 0 Å². The van der Waals surface area contributed by atoms with Gasteiger partial charge in [0.15, 0.2) is 5.79 Å². The number of hydrogen-bond acceptors (Lipinski definition) is 4. The van der Waals surface area contributed by atoms with Crippen LogP contribution in [0, 0.1) is 0 Å². The zero-order chi connectivity index (χ0) is 14.4. The predicted molar refractivity (Wildman–Crippen MR) is 77.3 cm³/mol. The van der Waals surface area contributed by atoms with Crippen LogP contribution in [0.15, 0.2) is 11.5 Å². The lowest BCUT2D eigenvalue weighted by Gasteiger charge is -2.32. The summed E-state index contributed by atoms with van der Waals surface area (Å²) in [5.74, 6) is 1.85. The Morgan fingerprint density at radius 3 is 1.90 bits per heavy atom. The summed E-state index contributed by atoms with van der Waals surface area (Å²) in [5.41, 5.74) is 0.873. The minimum Gasteiger partial charge on any atom is -0.400 e. The molecule has 1 aliphatic carbocycles. The molecule has 2 aliphatic heterocycles. The van der Waals surface area contributed by atoms with Crippen molar-refractivity contribution in [2.45, 2.75) is 70.4 Å². The average molecular weight is 280 g/mol. The van der Waals surface area contributed by atoms with Gasteiger partial charge in [-0.3, -0.25) is 0 Å². The quantitative estimate of drug-likeness (QED) is 0.692. The molecule has 2 heterocycles. The van der Waals surface area contributed by atoms with Gasteiger partial charge in [0.25, 0.3) is 0 Å². The molecule has 0 bridgehead atoms. The predicted octanol–water partition coefficient (Wildman–Crippen LogP) is 2.86. The lowest BCUT2D eigenvalue weighted by Crippen LogP contribution is -2.41. The highest BCUT2D eigenvalue weighted by Crippen LogP contribution is 2.40. The molecule has 0 aromatic heterocycles. The smallest absolute Gasteiger partial charge is 0.400 e. The maximum Gasteiger partial charge on any atom is 0.487 e. The van der Waals surface area contributed by atoms with Gasteiger partial charge in [0.05, 0.1) is 24.4 Å². The van der Waals surface area contributed by atoms with Gasteiger partial charge in [0.1, 0.15) is 0 Å². The fourth-order valence-electron chi connectivity index (χ4n) is 3.05. The Labute approximate surface area is 121 Å². The first kappa shape index (κ1) is 14.6. The molecule has 0 aromatic carbocycles. The van der Waals surface area contributed by atoms with Crippen LogP contribution in [0.1, 0.15) is 53.4 Å². The van der Waals surface area contributed by atoms with Crippen LogP contribution in [-0.2, 0) is 18.8 Å². The molecular formula is C15H25BO4. The van der Waals surface area contributed by atoms with E-state index in [2.05, 4.69) is 33.7 Å². The van der Waals surface area contributed by atoms with Gasteiger partial charge in [-0.05, 0) is 40.5 Å². The normalized spacial score (nSPS) is 31.0. The highest BCUT2D eigenvalue weighted by atomic mass is 16.7. The summed E-state index contributed by atoms with van der Waals surface area (Å²) in [6.07, 6.45) is 3.89. The molecule has 3 fully saturated rings. The molecule has 5 heteroatoms. The van der Waals surface area contributed by atoms with Gasteiger partial charge in [-0.25, -0.2) is 0 Å². The number of allylic oxidation sites excluding steroid dienone is 1. The van der Waals surface area contributed by atoms with Gasteiger partial charge >= 0.3 is 7.12 Å². The van der Waals surface area contributed by atoms with E-state index in [1.165, 1.54) is 5.57 Å². The van der Waals surface area contributed by atoms with Crippen molar-refractivity contribution in [3.05, 3.63) is 11.5 Å². The van der Waals surface area contributed by atoms with E-state index in [0.717, 1.165) is 38.9 Å².